The van der Waals surface area contributed by atoms with Gasteiger partial charge in [0.1, 0.15) is 0 Å². The molecule has 0 rings (SSSR count). The number of allylic oxidation sites excluding steroid dienone is 1. The maximum Gasteiger partial charge on any atom is 0.0131 e. The molecular weight excluding hydrogens is 122 g/mol. The molecule has 0 fully saturated rings. The first-order valence-corrected chi connectivity index (χ1v) is 4.12. The minimum atomic E-state index is 0.748. The van der Waals surface area contributed by atoms with Gasteiger partial charge in [-0.3, -0.25) is 0 Å². The standard InChI is InChI=1S/C9H19N/c1-4-6-9(2)7-5-8-10-3/h5,7,9-10H,4,6,8H2,1-3H3/b7-5+. The lowest BCUT2D eigenvalue weighted by molar-refractivity contribution is 0.632. The van der Waals surface area contributed by atoms with Crippen molar-refractivity contribution in [2.24, 2.45) is 5.92 Å². The van der Waals surface area contributed by atoms with Gasteiger partial charge < -0.3 is 5.32 Å². The van der Waals surface area contributed by atoms with Gasteiger partial charge in [-0.25, -0.2) is 0 Å². The Morgan fingerprint density at radius 1 is 1.50 bits per heavy atom. The Bertz CT molecular complexity index is 86.7. The Labute approximate surface area is 64.5 Å². The van der Waals surface area contributed by atoms with Crippen LogP contribution in [0.5, 0.6) is 0 Å². The molecule has 0 amide bonds. The van der Waals surface area contributed by atoms with Gasteiger partial charge in [0.05, 0.1) is 0 Å². The van der Waals surface area contributed by atoms with E-state index in [1.54, 1.807) is 0 Å². The molecule has 0 radical (unpaired) electrons. The van der Waals surface area contributed by atoms with Gasteiger partial charge in [0, 0.05) is 6.54 Å². The predicted octanol–water partition coefficient (Wildman–Crippen LogP) is 2.20. The zero-order valence-electron chi connectivity index (χ0n) is 7.35. The molecule has 1 nitrogen and oxygen atoms in total. The molecule has 0 saturated carbocycles. The van der Waals surface area contributed by atoms with Gasteiger partial charge in [-0.2, -0.15) is 0 Å². The molecule has 1 atom stereocenters. The molecule has 60 valence electrons. The van der Waals surface area contributed by atoms with Crippen molar-refractivity contribution in [1.29, 1.82) is 0 Å². The van der Waals surface area contributed by atoms with Crippen LogP contribution >= 0.6 is 0 Å². The van der Waals surface area contributed by atoms with Crippen molar-refractivity contribution in [2.45, 2.75) is 26.7 Å². The van der Waals surface area contributed by atoms with Gasteiger partial charge in [0.2, 0.25) is 0 Å². The summed E-state index contributed by atoms with van der Waals surface area (Å²) in [6.07, 6.45) is 7.06. The second-order valence-corrected chi connectivity index (χ2v) is 2.75. The molecule has 0 aromatic heterocycles. The maximum absolute atomic E-state index is 3.08. The van der Waals surface area contributed by atoms with Crippen LogP contribution in [0.2, 0.25) is 0 Å². The Kier molecular flexibility index (Phi) is 6.61. The molecule has 0 spiro atoms. The molecule has 0 aromatic rings. The molecule has 0 bridgehead atoms. The van der Waals surface area contributed by atoms with Gasteiger partial charge in [0.15, 0.2) is 0 Å². The quantitative estimate of drug-likeness (QED) is 0.579. The van der Waals surface area contributed by atoms with E-state index in [2.05, 4.69) is 31.3 Å². The Morgan fingerprint density at radius 2 is 2.20 bits per heavy atom. The minimum Gasteiger partial charge on any atom is -0.316 e. The summed E-state index contributed by atoms with van der Waals surface area (Å²) in [6.45, 7) is 5.48. The van der Waals surface area contributed by atoms with Crippen molar-refractivity contribution >= 4 is 0 Å². The van der Waals surface area contributed by atoms with Gasteiger partial charge in [-0.15, -0.1) is 0 Å². The van der Waals surface area contributed by atoms with E-state index < -0.39 is 0 Å². The number of likely N-dealkylation sites (N-methyl/N-ethyl adjacent to an activating group) is 1. The van der Waals surface area contributed by atoms with Crippen LogP contribution in [0, 0.1) is 5.92 Å². The lowest BCUT2D eigenvalue weighted by Crippen LogP contribution is -2.04. The highest BCUT2D eigenvalue weighted by atomic mass is 14.8. The van der Waals surface area contributed by atoms with Crippen molar-refractivity contribution < 1.29 is 0 Å². The summed E-state index contributed by atoms with van der Waals surface area (Å²) in [6, 6.07) is 0. The summed E-state index contributed by atoms with van der Waals surface area (Å²) in [7, 11) is 1.97. The van der Waals surface area contributed by atoms with E-state index >= 15 is 0 Å². The third-order valence-electron chi connectivity index (χ3n) is 1.53. The number of rotatable bonds is 5. The Balaban J connectivity index is 3.26. The molecule has 1 N–H and O–H groups in total. The van der Waals surface area contributed by atoms with Gasteiger partial charge in [0.25, 0.3) is 0 Å². The average Bonchev–Trinajstić information content (AvgIpc) is 1.89. The molecule has 0 aliphatic rings. The predicted molar refractivity (Wildman–Crippen MR) is 47.1 cm³/mol. The first kappa shape index (κ1) is 9.70. The lowest BCUT2D eigenvalue weighted by atomic mass is 10.1. The summed E-state index contributed by atoms with van der Waals surface area (Å²) in [4.78, 5) is 0. The lowest BCUT2D eigenvalue weighted by Gasteiger charge is -2.01. The van der Waals surface area contributed by atoms with Crippen molar-refractivity contribution in [3.05, 3.63) is 12.2 Å². The number of hydrogen-bond donors (Lipinski definition) is 1. The van der Waals surface area contributed by atoms with Crippen LogP contribution in [0.15, 0.2) is 12.2 Å². The molecular formula is C9H19N. The molecule has 0 saturated heterocycles. The Hall–Kier alpha value is -0.300. The second kappa shape index (κ2) is 6.81. The summed E-state index contributed by atoms with van der Waals surface area (Å²) >= 11 is 0. The van der Waals surface area contributed by atoms with E-state index in [4.69, 9.17) is 0 Å². The smallest absolute Gasteiger partial charge is 0.0131 e. The zero-order valence-corrected chi connectivity index (χ0v) is 7.35. The van der Waals surface area contributed by atoms with Gasteiger partial charge in [-0.05, 0) is 19.4 Å². The Morgan fingerprint density at radius 3 is 2.70 bits per heavy atom. The third-order valence-corrected chi connectivity index (χ3v) is 1.53. The minimum absolute atomic E-state index is 0.748. The fraction of sp³-hybridized carbons (Fsp3) is 0.778. The van der Waals surface area contributed by atoms with E-state index in [1.807, 2.05) is 7.05 Å². The second-order valence-electron chi connectivity index (χ2n) is 2.75. The molecule has 1 unspecified atom stereocenters. The monoisotopic (exact) mass is 141 g/mol. The molecule has 0 heterocycles. The van der Waals surface area contributed by atoms with E-state index in [-0.39, 0.29) is 0 Å². The van der Waals surface area contributed by atoms with Crippen LogP contribution in [0.3, 0.4) is 0 Å². The van der Waals surface area contributed by atoms with Crippen molar-refractivity contribution in [3.63, 3.8) is 0 Å². The maximum atomic E-state index is 3.08. The van der Waals surface area contributed by atoms with Crippen molar-refractivity contribution in [3.8, 4) is 0 Å². The van der Waals surface area contributed by atoms with E-state index in [0.717, 1.165) is 12.5 Å². The van der Waals surface area contributed by atoms with Crippen molar-refractivity contribution in [2.75, 3.05) is 13.6 Å². The first-order chi connectivity index (χ1) is 4.81. The summed E-state index contributed by atoms with van der Waals surface area (Å²) < 4.78 is 0. The van der Waals surface area contributed by atoms with Crippen LogP contribution in [0.25, 0.3) is 0 Å². The molecule has 0 aromatic carbocycles. The van der Waals surface area contributed by atoms with Crippen LogP contribution in [-0.2, 0) is 0 Å². The molecule has 1 heteroatoms. The summed E-state index contributed by atoms with van der Waals surface area (Å²) in [5.41, 5.74) is 0. The largest absolute Gasteiger partial charge is 0.316 e. The van der Waals surface area contributed by atoms with E-state index in [1.165, 1.54) is 12.8 Å². The third kappa shape index (κ3) is 5.83. The summed E-state index contributed by atoms with van der Waals surface area (Å²) in [5, 5.41) is 3.08. The van der Waals surface area contributed by atoms with Crippen molar-refractivity contribution in [1.82, 2.24) is 5.32 Å². The average molecular weight is 141 g/mol. The highest BCUT2D eigenvalue weighted by Crippen LogP contribution is 2.05. The number of hydrogen-bond acceptors (Lipinski definition) is 1. The topological polar surface area (TPSA) is 12.0 Å². The SMILES string of the molecule is CCCC(C)/C=C/CNC. The van der Waals surface area contributed by atoms with Gasteiger partial charge >= 0.3 is 0 Å². The van der Waals surface area contributed by atoms with Crippen LogP contribution < -0.4 is 5.32 Å². The van der Waals surface area contributed by atoms with Crippen LogP contribution in [0.1, 0.15) is 26.7 Å². The van der Waals surface area contributed by atoms with Crippen LogP contribution in [0.4, 0.5) is 0 Å². The fourth-order valence-corrected chi connectivity index (χ4v) is 0.970. The van der Waals surface area contributed by atoms with E-state index in [9.17, 15) is 0 Å². The molecule has 0 aliphatic carbocycles. The normalized spacial score (nSPS) is 14.3. The summed E-state index contributed by atoms with van der Waals surface area (Å²) in [5.74, 6) is 0.748. The zero-order chi connectivity index (χ0) is 7.82. The van der Waals surface area contributed by atoms with E-state index in [0.29, 0.717) is 0 Å². The fourth-order valence-electron chi connectivity index (χ4n) is 0.970. The highest BCUT2D eigenvalue weighted by Gasteiger charge is 1.91. The highest BCUT2D eigenvalue weighted by molar-refractivity contribution is 4.87. The van der Waals surface area contributed by atoms with Crippen LogP contribution in [-0.4, -0.2) is 13.6 Å². The molecule has 10 heavy (non-hydrogen) atoms. The van der Waals surface area contributed by atoms with Gasteiger partial charge in [-0.1, -0.05) is 32.4 Å². The first-order valence-electron chi connectivity index (χ1n) is 4.12. The molecule has 0 aliphatic heterocycles. The number of nitrogens with one attached hydrogen (secondary N) is 1.